The zero-order valence-corrected chi connectivity index (χ0v) is 13.6. The monoisotopic (exact) mass is 294 g/mol. The summed E-state index contributed by atoms with van der Waals surface area (Å²) in [4.78, 5) is 4.86. The Kier molecular flexibility index (Phi) is 3.68. The number of thiazole rings is 1. The Morgan fingerprint density at radius 1 is 1.45 bits per heavy atom. The van der Waals surface area contributed by atoms with E-state index in [4.69, 9.17) is 15.5 Å². The van der Waals surface area contributed by atoms with Crippen molar-refractivity contribution in [2.45, 2.75) is 58.0 Å². The molecule has 0 aromatic carbocycles. The molecule has 2 fully saturated rings. The van der Waals surface area contributed by atoms with Gasteiger partial charge in [-0.1, -0.05) is 20.8 Å². The van der Waals surface area contributed by atoms with Crippen LogP contribution in [-0.2, 0) is 16.6 Å². The third-order valence-electron chi connectivity index (χ3n) is 4.78. The van der Waals surface area contributed by atoms with Crippen molar-refractivity contribution in [2.24, 2.45) is 17.1 Å². The summed E-state index contributed by atoms with van der Waals surface area (Å²) in [6, 6.07) is 0. The fourth-order valence-corrected chi connectivity index (χ4v) is 4.44. The fourth-order valence-electron chi connectivity index (χ4n) is 3.26. The molecule has 2 aliphatic rings. The first-order chi connectivity index (χ1) is 9.44. The van der Waals surface area contributed by atoms with Crippen LogP contribution < -0.4 is 5.73 Å². The zero-order chi connectivity index (χ0) is 14.4. The molecule has 4 heteroatoms. The van der Waals surface area contributed by atoms with Gasteiger partial charge in [-0.2, -0.15) is 0 Å². The Morgan fingerprint density at radius 2 is 2.20 bits per heavy atom. The summed E-state index contributed by atoms with van der Waals surface area (Å²) in [5.41, 5.74) is 7.63. The van der Waals surface area contributed by atoms with Crippen LogP contribution in [0.1, 0.15) is 50.7 Å². The lowest BCUT2D eigenvalue weighted by molar-refractivity contribution is 0.0344. The Hall–Kier alpha value is -0.450. The first-order valence-corrected chi connectivity index (χ1v) is 8.59. The minimum absolute atomic E-state index is 0.132. The molecule has 3 nitrogen and oxygen atoms in total. The lowest BCUT2D eigenvalue weighted by Crippen LogP contribution is -2.41. The van der Waals surface area contributed by atoms with Crippen LogP contribution in [0.15, 0.2) is 5.38 Å². The average Bonchev–Trinajstić information content (AvgIpc) is 2.96. The van der Waals surface area contributed by atoms with Gasteiger partial charge in [0.2, 0.25) is 0 Å². The topological polar surface area (TPSA) is 48.1 Å². The molecule has 2 unspecified atom stereocenters. The number of nitrogens with two attached hydrogens (primary N) is 1. The molecule has 2 heterocycles. The van der Waals surface area contributed by atoms with Gasteiger partial charge in [-0.05, 0) is 25.2 Å². The highest BCUT2D eigenvalue weighted by Crippen LogP contribution is 2.49. The molecule has 0 radical (unpaired) electrons. The predicted molar refractivity (Wildman–Crippen MR) is 83.1 cm³/mol. The van der Waals surface area contributed by atoms with E-state index in [1.54, 1.807) is 11.3 Å². The van der Waals surface area contributed by atoms with E-state index in [0.717, 1.165) is 31.9 Å². The second-order valence-corrected chi connectivity index (χ2v) is 8.44. The van der Waals surface area contributed by atoms with Crippen LogP contribution in [0.2, 0.25) is 0 Å². The summed E-state index contributed by atoms with van der Waals surface area (Å²) in [5.74, 6) is 0.753. The summed E-state index contributed by atoms with van der Waals surface area (Å²) in [7, 11) is 0. The molecule has 20 heavy (non-hydrogen) atoms. The van der Waals surface area contributed by atoms with Gasteiger partial charge in [0.25, 0.3) is 0 Å². The SMILES string of the molecule is CC(C)(C)c1csc(CC2(CN)CCOC2C2CC2)n1. The van der Waals surface area contributed by atoms with E-state index >= 15 is 0 Å². The van der Waals surface area contributed by atoms with Gasteiger partial charge in [0, 0.05) is 35.8 Å². The highest BCUT2D eigenvalue weighted by Gasteiger charge is 2.50. The first-order valence-electron chi connectivity index (χ1n) is 7.71. The summed E-state index contributed by atoms with van der Waals surface area (Å²) in [5, 5.41) is 3.44. The number of hydrogen-bond acceptors (Lipinski definition) is 4. The molecule has 1 aliphatic heterocycles. The van der Waals surface area contributed by atoms with E-state index < -0.39 is 0 Å². The molecule has 1 aromatic heterocycles. The second-order valence-electron chi connectivity index (χ2n) is 7.50. The van der Waals surface area contributed by atoms with Crippen molar-refractivity contribution in [3.05, 3.63) is 16.1 Å². The van der Waals surface area contributed by atoms with Crippen LogP contribution in [0.3, 0.4) is 0 Å². The van der Waals surface area contributed by atoms with Crippen molar-refractivity contribution < 1.29 is 4.74 Å². The van der Waals surface area contributed by atoms with E-state index in [1.807, 2.05) is 0 Å². The molecule has 0 amide bonds. The van der Waals surface area contributed by atoms with Gasteiger partial charge in [-0.15, -0.1) is 11.3 Å². The standard InChI is InChI=1S/C16H26N2OS/c1-15(2,3)12-9-20-13(18-12)8-16(10-17)6-7-19-14(16)11-4-5-11/h9,11,14H,4-8,10,17H2,1-3H3. The van der Waals surface area contributed by atoms with Crippen LogP contribution in [-0.4, -0.2) is 24.2 Å². The molecule has 1 aliphatic carbocycles. The number of aromatic nitrogens is 1. The van der Waals surface area contributed by atoms with Crippen molar-refractivity contribution >= 4 is 11.3 Å². The molecule has 1 aromatic rings. The van der Waals surface area contributed by atoms with Crippen molar-refractivity contribution in [2.75, 3.05) is 13.2 Å². The highest BCUT2D eigenvalue weighted by atomic mass is 32.1. The minimum Gasteiger partial charge on any atom is -0.377 e. The van der Waals surface area contributed by atoms with Crippen LogP contribution in [0, 0.1) is 11.3 Å². The van der Waals surface area contributed by atoms with Crippen molar-refractivity contribution in [1.82, 2.24) is 4.98 Å². The van der Waals surface area contributed by atoms with Gasteiger partial charge in [-0.25, -0.2) is 4.98 Å². The lowest BCUT2D eigenvalue weighted by atomic mass is 9.76. The second kappa shape index (κ2) is 5.08. The van der Waals surface area contributed by atoms with Crippen LogP contribution in [0.25, 0.3) is 0 Å². The summed E-state index contributed by atoms with van der Waals surface area (Å²) < 4.78 is 6.03. The predicted octanol–water partition coefficient (Wildman–Crippen LogP) is 3.13. The van der Waals surface area contributed by atoms with E-state index in [2.05, 4.69) is 26.2 Å². The maximum absolute atomic E-state index is 6.16. The quantitative estimate of drug-likeness (QED) is 0.928. The molecule has 1 saturated heterocycles. The minimum atomic E-state index is 0.132. The Labute approximate surface area is 125 Å². The number of ether oxygens (including phenoxy) is 1. The molecule has 1 saturated carbocycles. The smallest absolute Gasteiger partial charge is 0.0935 e. The average molecular weight is 294 g/mol. The first kappa shape index (κ1) is 14.5. The molecular formula is C16H26N2OS. The Morgan fingerprint density at radius 3 is 2.75 bits per heavy atom. The van der Waals surface area contributed by atoms with Crippen molar-refractivity contribution in [3.8, 4) is 0 Å². The normalized spacial score (nSPS) is 30.9. The molecule has 0 spiro atoms. The van der Waals surface area contributed by atoms with Gasteiger partial charge in [0.05, 0.1) is 16.8 Å². The lowest BCUT2D eigenvalue weighted by Gasteiger charge is -2.32. The molecule has 0 bridgehead atoms. The molecule has 112 valence electrons. The summed E-state index contributed by atoms with van der Waals surface area (Å²) in [6.07, 6.45) is 5.09. The van der Waals surface area contributed by atoms with Gasteiger partial charge in [0.1, 0.15) is 0 Å². The van der Waals surface area contributed by atoms with Crippen molar-refractivity contribution in [3.63, 3.8) is 0 Å². The van der Waals surface area contributed by atoms with Gasteiger partial charge in [-0.3, -0.25) is 0 Å². The van der Waals surface area contributed by atoms with Gasteiger partial charge >= 0.3 is 0 Å². The summed E-state index contributed by atoms with van der Waals surface area (Å²) >= 11 is 1.79. The maximum Gasteiger partial charge on any atom is 0.0935 e. The molecule has 2 N–H and O–H groups in total. The Balaban J connectivity index is 1.79. The third-order valence-corrected chi connectivity index (χ3v) is 5.63. The van der Waals surface area contributed by atoms with Gasteiger partial charge < -0.3 is 10.5 Å². The fraction of sp³-hybridized carbons (Fsp3) is 0.812. The number of hydrogen-bond donors (Lipinski definition) is 1. The van der Waals surface area contributed by atoms with Crippen LogP contribution in [0.5, 0.6) is 0 Å². The van der Waals surface area contributed by atoms with E-state index in [1.165, 1.54) is 23.5 Å². The number of rotatable bonds is 4. The van der Waals surface area contributed by atoms with E-state index in [-0.39, 0.29) is 10.8 Å². The largest absolute Gasteiger partial charge is 0.377 e. The maximum atomic E-state index is 6.16. The van der Waals surface area contributed by atoms with Crippen molar-refractivity contribution in [1.29, 1.82) is 0 Å². The van der Waals surface area contributed by atoms with Gasteiger partial charge in [0.15, 0.2) is 0 Å². The molecule has 3 rings (SSSR count). The van der Waals surface area contributed by atoms with Crippen LogP contribution in [0.4, 0.5) is 0 Å². The number of nitrogens with zero attached hydrogens (tertiary/aromatic N) is 1. The highest BCUT2D eigenvalue weighted by molar-refractivity contribution is 7.09. The van der Waals surface area contributed by atoms with Crippen LogP contribution >= 0.6 is 11.3 Å². The Bertz CT molecular complexity index is 475. The third kappa shape index (κ3) is 2.66. The zero-order valence-electron chi connectivity index (χ0n) is 12.8. The molecule has 2 atom stereocenters. The van der Waals surface area contributed by atoms with E-state index in [9.17, 15) is 0 Å². The molecular weight excluding hydrogens is 268 g/mol. The summed E-state index contributed by atoms with van der Waals surface area (Å²) in [6.45, 7) is 8.25. The van der Waals surface area contributed by atoms with E-state index in [0.29, 0.717) is 6.10 Å².